The highest BCUT2D eigenvalue weighted by atomic mass is 16.5. The van der Waals surface area contributed by atoms with Gasteiger partial charge in [-0.05, 0) is 20.3 Å². The smallest absolute Gasteiger partial charge is 0.326 e. The minimum atomic E-state index is -0.871. The molecular formula is C13H21N3O3. The monoisotopic (exact) mass is 267 g/mol. The molecule has 1 rings (SSSR count). The largest absolute Gasteiger partial charge is 0.480 e. The predicted molar refractivity (Wildman–Crippen MR) is 72.5 cm³/mol. The van der Waals surface area contributed by atoms with Gasteiger partial charge in [0.2, 0.25) is 5.88 Å². The Labute approximate surface area is 113 Å². The van der Waals surface area contributed by atoms with Crippen LogP contribution in [0.25, 0.3) is 0 Å². The molecule has 19 heavy (non-hydrogen) atoms. The molecule has 0 saturated heterocycles. The zero-order valence-corrected chi connectivity index (χ0v) is 11.6. The van der Waals surface area contributed by atoms with Crippen molar-refractivity contribution in [1.82, 2.24) is 9.97 Å². The number of aromatic nitrogens is 2. The molecular weight excluding hydrogens is 246 g/mol. The van der Waals surface area contributed by atoms with E-state index in [2.05, 4.69) is 15.3 Å². The number of hydrogen-bond acceptors (Lipinski definition) is 5. The number of hydrogen-bond donors (Lipinski definition) is 2. The molecule has 6 heteroatoms. The number of carbonyl (C=O) groups is 1. The summed E-state index contributed by atoms with van der Waals surface area (Å²) in [7, 11) is 0. The van der Waals surface area contributed by atoms with Crippen molar-refractivity contribution in [2.24, 2.45) is 0 Å². The van der Waals surface area contributed by atoms with E-state index in [0.717, 1.165) is 18.4 Å². The highest BCUT2D eigenvalue weighted by molar-refractivity contribution is 5.77. The molecule has 0 aromatic carbocycles. The zero-order chi connectivity index (χ0) is 14.3. The zero-order valence-electron chi connectivity index (χ0n) is 11.6. The lowest BCUT2D eigenvalue weighted by atomic mass is 10.1. The minimum absolute atomic E-state index is 0.486. The van der Waals surface area contributed by atoms with Gasteiger partial charge in [0.05, 0.1) is 12.2 Å². The maximum Gasteiger partial charge on any atom is 0.326 e. The minimum Gasteiger partial charge on any atom is -0.480 e. The molecule has 0 saturated carbocycles. The third kappa shape index (κ3) is 4.39. The van der Waals surface area contributed by atoms with Crippen LogP contribution in [0.3, 0.4) is 0 Å². The molecule has 2 N–H and O–H groups in total. The van der Waals surface area contributed by atoms with Crippen LogP contribution in [0.5, 0.6) is 5.88 Å². The van der Waals surface area contributed by atoms with E-state index in [0.29, 0.717) is 24.7 Å². The maximum atomic E-state index is 11.2. The summed E-state index contributed by atoms with van der Waals surface area (Å²) in [5.41, 5.74) is 0.729. The fourth-order valence-corrected chi connectivity index (χ4v) is 1.69. The van der Waals surface area contributed by atoms with Gasteiger partial charge in [-0.15, -0.1) is 0 Å². The van der Waals surface area contributed by atoms with Crippen LogP contribution in [0, 0.1) is 6.92 Å². The van der Waals surface area contributed by atoms with Crippen molar-refractivity contribution in [3.8, 4) is 5.88 Å². The Bertz CT molecular complexity index is 424. The Morgan fingerprint density at radius 1 is 1.47 bits per heavy atom. The van der Waals surface area contributed by atoms with E-state index in [9.17, 15) is 9.90 Å². The van der Waals surface area contributed by atoms with E-state index in [1.165, 1.54) is 6.33 Å². The van der Waals surface area contributed by atoms with Crippen LogP contribution in [0.2, 0.25) is 0 Å². The van der Waals surface area contributed by atoms with Crippen molar-refractivity contribution >= 4 is 11.8 Å². The Morgan fingerprint density at radius 2 is 2.21 bits per heavy atom. The molecule has 1 unspecified atom stereocenters. The first-order valence-corrected chi connectivity index (χ1v) is 6.53. The van der Waals surface area contributed by atoms with Crippen molar-refractivity contribution in [1.29, 1.82) is 0 Å². The van der Waals surface area contributed by atoms with E-state index < -0.39 is 12.0 Å². The summed E-state index contributed by atoms with van der Waals surface area (Å²) >= 11 is 0. The lowest BCUT2D eigenvalue weighted by molar-refractivity contribution is -0.138. The first kappa shape index (κ1) is 15.2. The number of nitrogens with zero attached hydrogens (tertiary/aromatic N) is 2. The average molecular weight is 267 g/mol. The van der Waals surface area contributed by atoms with Crippen molar-refractivity contribution in [2.45, 2.75) is 46.1 Å². The van der Waals surface area contributed by atoms with Crippen LogP contribution in [0.1, 0.15) is 38.7 Å². The lowest BCUT2D eigenvalue weighted by Crippen LogP contribution is -2.30. The van der Waals surface area contributed by atoms with Crippen LogP contribution in [0.4, 0.5) is 5.82 Å². The SMILES string of the molecule is CCCCC(Nc1ncnc(OCC)c1C)C(=O)O. The molecule has 0 radical (unpaired) electrons. The van der Waals surface area contributed by atoms with Gasteiger partial charge in [0, 0.05) is 0 Å². The molecule has 1 aromatic rings. The molecule has 106 valence electrons. The third-order valence-electron chi connectivity index (χ3n) is 2.77. The van der Waals surface area contributed by atoms with Crippen molar-refractivity contribution < 1.29 is 14.6 Å². The molecule has 0 fully saturated rings. The van der Waals surface area contributed by atoms with Crippen LogP contribution in [-0.2, 0) is 4.79 Å². The first-order chi connectivity index (χ1) is 9.10. The van der Waals surface area contributed by atoms with Gasteiger partial charge < -0.3 is 15.2 Å². The van der Waals surface area contributed by atoms with Crippen LogP contribution in [0.15, 0.2) is 6.33 Å². The summed E-state index contributed by atoms with van der Waals surface area (Å²) in [4.78, 5) is 19.3. The van der Waals surface area contributed by atoms with Gasteiger partial charge in [-0.1, -0.05) is 19.8 Å². The van der Waals surface area contributed by atoms with Crippen molar-refractivity contribution in [3.05, 3.63) is 11.9 Å². The molecule has 1 aromatic heterocycles. The normalized spacial score (nSPS) is 11.9. The van der Waals surface area contributed by atoms with Gasteiger partial charge in [-0.25, -0.2) is 14.8 Å². The van der Waals surface area contributed by atoms with E-state index in [4.69, 9.17) is 4.74 Å². The quantitative estimate of drug-likeness (QED) is 0.751. The highest BCUT2D eigenvalue weighted by Crippen LogP contribution is 2.21. The van der Waals surface area contributed by atoms with Gasteiger partial charge in [0.1, 0.15) is 18.2 Å². The molecule has 0 aliphatic heterocycles. The molecule has 0 bridgehead atoms. The molecule has 0 amide bonds. The topological polar surface area (TPSA) is 84.3 Å². The Balaban J connectivity index is 2.84. The number of nitrogens with one attached hydrogen (secondary N) is 1. The second-order valence-corrected chi connectivity index (χ2v) is 4.26. The Hall–Kier alpha value is -1.85. The van der Waals surface area contributed by atoms with Crippen molar-refractivity contribution in [2.75, 3.05) is 11.9 Å². The summed E-state index contributed by atoms with van der Waals surface area (Å²) in [5, 5.41) is 12.1. The van der Waals surface area contributed by atoms with Crippen molar-refractivity contribution in [3.63, 3.8) is 0 Å². The highest BCUT2D eigenvalue weighted by Gasteiger charge is 2.19. The van der Waals surface area contributed by atoms with Gasteiger partial charge >= 0.3 is 5.97 Å². The van der Waals surface area contributed by atoms with Crippen LogP contribution in [-0.4, -0.2) is 33.7 Å². The van der Waals surface area contributed by atoms with E-state index in [-0.39, 0.29) is 0 Å². The number of carboxylic acids is 1. The maximum absolute atomic E-state index is 11.2. The summed E-state index contributed by atoms with van der Waals surface area (Å²) in [5.74, 6) is 0.131. The molecule has 1 heterocycles. The number of ether oxygens (including phenoxy) is 1. The fourth-order valence-electron chi connectivity index (χ4n) is 1.69. The van der Waals surface area contributed by atoms with E-state index >= 15 is 0 Å². The summed E-state index contributed by atoms with van der Waals surface area (Å²) < 4.78 is 5.36. The fraction of sp³-hybridized carbons (Fsp3) is 0.615. The Morgan fingerprint density at radius 3 is 2.79 bits per heavy atom. The standard InChI is InChI=1S/C13H21N3O3/c1-4-6-7-10(13(17)18)16-11-9(3)12(19-5-2)15-8-14-11/h8,10H,4-7H2,1-3H3,(H,17,18)(H,14,15,16). The van der Waals surface area contributed by atoms with Gasteiger partial charge in [-0.2, -0.15) is 0 Å². The van der Waals surface area contributed by atoms with E-state index in [1.807, 2.05) is 20.8 Å². The lowest BCUT2D eigenvalue weighted by Gasteiger charge is -2.17. The number of unbranched alkanes of at least 4 members (excludes halogenated alkanes) is 1. The van der Waals surface area contributed by atoms with Gasteiger partial charge in [0.15, 0.2) is 0 Å². The average Bonchev–Trinajstić information content (AvgIpc) is 2.38. The summed E-state index contributed by atoms with van der Waals surface area (Å²) in [6, 6.07) is -0.636. The predicted octanol–water partition coefficient (Wildman–Crippen LogP) is 2.24. The third-order valence-corrected chi connectivity index (χ3v) is 2.77. The summed E-state index contributed by atoms with van der Waals surface area (Å²) in [6.07, 6.45) is 3.75. The second-order valence-electron chi connectivity index (χ2n) is 4.26. The van der Waals surface area contributed by atoms with E-state index in [1.54, 1.807) is 0 Å². The number of anilines is 1. The number of rotatable bonds is 8. The van der Waals surface area contributed by atoms with Crippen LogP contribution < -0.4 is 10.1 Å². The molecule has 0 spiro atoms. The molecule has 0 aliphatic carbocycles. The summed E-state index contributed by atoms with van der Waals surface area (Å²) in [6.45, 7) is 6.22. The molecule has 0 aliphatic rings. The molecule has 6 nitrogen and oxygen atoms in total. The van der Waals surface area contributed by atoms with Gasteiger partial charge in [0.25, 0.3) is 0 Å². The number of aliphatic carboxylic acids is 1. The molecule has 1 atom stereocenters. The second kappa shape index (κ2) is 7.56. The van der Waals surface area contributed by atoms with Gasteiger partial charge in [-0.3, -0.25) is 0 Å². The first-order valence-electron chi connectivity index (χ1n) is 6.53. The van der Waals surface area contributed by atoms with Crippen LogP contribution >= 0.6 is 0 Å². The number of carboxylic acid groups (broad SMARTS) is 1. The Kier molecular flexibility index (Phi) is 6.05.